The van der Waals surface area contributed by atoms with Crippen molar-refractivity contribution in [2.24, 2.45) is 5.73 Å². The molecule has 2 rings (SSSR count). The second-order valence-electron chi connectivity index (χ2n) is 3.75. The summed E-state index contributed by atoms with van der Waals surface area (Å²) in [5.41, 5.74) is 6.26. The lowest BCUT2D eigenvalue weighted by Crippen LogP contribution is -2.15. The van der Waals surface area contributed by atoms with E-state index in [9.17, 15) is 9.18 Å². The van der Waals surface area contributed by atoms with Gasteiger partial charge in [0, 0.05) is 31.0 Å². The normalized spacial score (nSPS) is 10.3. The summed E-state index contributed by atoms with van der Waals surface area (Å²) in [5.74, 6) is -0.183. The molecule has 94 valence electrons. The van der Waals surface area contributed by atoms with Gasteiger partial charge in [0.05, 0.1) is 0 Å². The zero-order valence-corrected chi connectivity index (χ0v) is 9.61. The maximum atomic E-state index is 13.6. The Morgan fingerprint density at radius 2 is 2.28 bits per heavy atom. The standard InChI is InChI=1S/C12H13FN4O/c13-10-5-8(6-14)1-2-9(10)7-17-11-12(18)16-4-3-15-11/h1-5H,6-7,14H2,(H,15,17)(H,16,18). The summed E-state index contributed by atoms with van der Waals surface area (Å²) in [7, 11) is 0. The van der Waals surface area contributed by atoms with Gasteiger partial charge < -0.3 is 16.0 Å². The van der Waals surface area contributed by atoms with E-state index in [4.69, 9.17) is 5.73 Å². The molecule has 0 aliphatic carbocycles. The molecule has 2 aromatic rings. The quantitative estimate of drug-likeness (QED) is 0.753. The van der Waals surface area contributed by atoms with Crippen molar-refractivity contribution in [3.63, 3.8) is 0 Å². The molecule has 0 saturated heterocycles. The zero-order valence-electron chi connectivity index (χ0n) is 9.61. The number of nitrogens with zero attached hydrogens (tertiary/aromatic N) is 1. The van der Waals surface area contributed by atoms with E-state index in [2.05, 4.69) is 15.3 Å². The third-order valence-corrected chi connectivity index (χ3v) is 2.51. The first-order valence-electron chi connectivity index (χ1n) is 5.45. The number of aromatic nitrogens is 2. The largest absolute Gasteiger partial charge is 0.361 e. The van der Waals surface area contributed by atoms with Crippen molar-refractivity contribution in [2.45, 2.75) is 13.1 Å². The number of nitrogens with two attached hydrogens (primary N) is 1. The van der Waals surface area contributed by atoms with Crippen LogP contribution in [-0.4, -0.2) is 9.97 Å². The van der Waals surface area contributed by atoms with Crippen LogP contribution in [0.25, 0.3) is 0 Å². The average molecular weight is 248 g/mol. The van der Waals surface area contributed by atoms with Gasteiger partial charge in [0.25, 0.3) is 5.56 Å². The minimum Gasteiger partial charge on any atom is -0.361 e. The Morgan fingerprint density at radius 3 is 2.94 bits per heavy atom. The number of aromatic amines is 1. The molecule has 0 saturated carbocycles. The van der Waals surface area contributed by atoms with Crippen molar-refractivity contribution in [3.05, 3.63) is 57.9 Å². The maximum Gasteiger partial charge on any atom is 0.290 e. The molecule has 6 heteroatoms. The lowest BCUT2D eigenvalue weighted by molar-refractivity contribution is 0.610. The van der Waals surface area contributed by atoms with Crippen LogP contribution in [-0.2, 0) is 13.1 Å². The van der Waals surface area contributed by atoms with E-state index in [0.29, 0.717) is 12.1 Å². The van der Waals surface area contributed by atoms with Gasteiger partial charge in [-0.25, -0.2) is 9.37 Å². The van der Waals surface area contributed by atoms with E-state index >= 15 is 0 Å². The molecule has 0 aliphatic rings. The Balaban J connectivity index is 2.11. The predicted octanol–water partition coefficient (Wildman–Crippen LogP) is 0.980. The first-order chi connectivity index (χ1) is 8.70. The van der Waals surface area contributed by atoms with Crippen LogP contribution >= 0.6 is 0 Å². The summed E-state index contributed by atoms with van der Waals surface area (Å²) in [6.45, 7) is 0.487. The van der Waals surface area contributed by atoms with Crippen LogP contribution in [0.3, 0.4) is 0 Å². The van der Waals surface area contributed by atoms with Crippen molar-refractivity contribution in [3.8, 4) is 0 Å². The number of rotatable bonds is 4. The lowest BCUT2D eigenvalue weighted by atomic mass is 10.1. The molecule has 0 fully saturated rings. The summed E-state index contributed by atoms with van der Waals surface area (Å²) in [6, 6.07) is 4.78. The smallest absolute Gasteiger partial charge is 0.290 e. The summed E-state index contributed by atoms with van der Waals surface area (Å²) in [4.78, 5) is 17.7. The third-order valence-electron chi connectivity index (χ3n) is 2.51. The van der Waals surface area contributed by atoms with Gasteiger partial charge in [0.15, 0.2) is 5.82 Å². The fourth-order valence-electron chi connectivity index (χ4n) is 1.52. The van der Waals surface area contributed by atoms with Crippen LogP contribution in [0, 0.1) is 5.82 Å². The monoisotopic (exact) mass is 248 g/mol. The molecule has 0 radical (unpaired) electrons. The molecule has 1 heterocycles. The molecule has 0 unspecified atom stereocenters. The topological polar surface area (TPSA) is 83.8 Å². The molecule has 0 bridgehead atoms. The third kappa shape index (κ3) is 2.72. The highest BCUT2D eigenvalue weighted by Gasteiger charge is 2.05. The summed E-state index contributed by atoms with van der Waals surface area (Å²) >= 11 is 0. The van der Waals surface area contributed by atoms with E-state index in [1.54, 1.807) is 12.1 Å². The molecular weight excluding hydrogens is 235 g/mol. The maximum absolute atomic E-state index is 13.6. The van der Waals surface area contributed by atoms with E-state index < -0.39 is 0 Å². The Bertz CT molecular complexity index is 597. The van der Waals surface area contributed by atoms with Crippen molar-refractivity contribution >= 4 is 5.82 Å². The minimum absolute atomic E-state index is 0.166. The van der Waals surface area contributed by atoms with Crippen molar-refractivity contribution in [1.82, 2.24) is 9.97 Å². The minimum atomic E-state index is -0.349. The van der Waals surface area contributed by atoms with Gasteiger partial charge >= 0.3 is 0 Å². The number of hydrogen-bond acceptors (Lipinski definition) is 4. The Kier molecular flexibility index (Phi) is 3.69. The van der Waals surface area contributed by atoms with Crippen LogP contribution in [0.4, 0.5) is 10.2 Å². The summed E-state index contributed by atoms with van der Waals surface area (Å²) in [6.07, 6.45) is 2.89. The van der Waals surface area contributed by atoms with Gasteiger partial charge in [-0.2, -0.15) is 0 Å². The number of H-pyrrole nitrogens is 1. The second-order valence-corrected chi connectivity index (χ2v) is 3.75. The molecule has 5 nitrogen and oxygen atoms in total. The van der Waals surface area contributed by atoms with Crippen LogP contribution < -0.4 is 16.6 Å². The number of hydrogen-bond donors (Lipinski definition) is 3. The van der Waals surface area contributed by atoms with Crippen LogP contribution in [0.15, 0.2) is 35.4 Å². The molecule has 1 aromatic carbocycles. The van der Waals surface area contributed by atoms with Gasteiger partial charge in [-0.3, -0.25) is 4.79 Å². The van der Waals surface area contributed by atoms with Gasteiger partial charge in [-0.15, -0.1) is 0 Å². The average Bonchev–Trinajstić information content (AvgIpc) is 2.39. The molecule has 0 amide bonds. The Morgan fingerprint density at radius 1 is 1.44 bits per heavy atom. The molecule has 4 N–H and O–H groups in total. The van der Waals surface area contributed by atoms with Crippen molar-refractivity contribution < 1.29 is 4.39 Å². The lowest BCUT2D eigenvalue weighted by Gasteiger charge is -2.06. The first-order valence-corrected chi connectivity index (χ1v) is 5.45. The summed E-state index contributed by atoms with van der Waals surface area (Å²) in [5, 5.41) is 2.78. The molecular formula is C12H13FN4O. The summed E-state index contributed by atoms with van der Waals surface area (Å²) < 4.78 is 13.6. The number of anilines is 1. The molecule has 0 aliphatic heterocycles. The number of benzene rings is 1. The van der Waals surface area contributed by atoms with E-state index in [1.807, 2.05) is 0 Å². The van der Waals surface area contributed by atoms with Gasteiger partial charge in [0.1, 0.15) is 5.82 Å². The highest BCUT2D eigenvalue weighted by Crippen LogP contribution is 2.11. The van der Waals surface area contributed by atoms with E-state index in [1.165, 1.54) is 18.5 Å². The van der Waals surface area contributed by atoms with Gasteiger partial charge in [-0.05, 0) is 11.6 Å². The van der Waals surface area contributed by atoms with Gasteiger partial charge in [0.2, 0.25) is 0 Å². The highest BCUT2D eigenvalue weighted by atomic mass is 19.1. The second kappa shape index (κ2) is 5.42. The number of nitrogens with one attached hydrogen (secondary N) is 2. The van der Waals surface area contributed by atoms with Crippen molar-refractivity contribution in [1.29, 1.82) is 0 Å². The highest BCUT2D eigenvalue weighted by molar-refractivity contribution is 5.33. The predicted molar refractivity (Wildman–Crippen MR) is 66.5 cm³/mol. The Hall–Kier alpha value is -2.21. The SMILES string of the molecule is NCc1ccc(CNc2ncc[nH]c2=O)c(F)c1. The first kappa shape index (κ1) is 12.3. The fraction of sp³-hybridized carbons (Fsp3) is 0.167. The molecule has 0 atom stereocenters. The van der Waals surface area contributed by atoms with Crippen molar-refractivity contribution in [2.75, 3.05) is 5.32 Å². The van der Waals surface area contributed by atoms with Gasteiger partial charge in [-0.1, -0.05) is 12.1 Å². The fourth-order valence-corrected chi connectivity index (χ4v) is 1.52. The van der Waals surface area contributed by atoms with E-state index in [0.717, 1.165) is 5.56 Å². The molecule has 1 aromatic heterocycles. The van der Waals surface area contributed by atoms with Crippen LogP contribution in [0.2, 0.25) is 0 Å². The Labute approximate surface area is 103 Å². The van der Waals surface area contributed by atoms with Crippen LogP contribution in [0.5, 0.6) is 0 Å². The van der Waals surface area contributed by atoms with Crippen LogP contribution in [0.1, 0.15) is 11.1 Å². The zero-order chi connectivity index (χ0) is 13.0. The van der Waals surface area contributed by atoms with E-state index in [-0.39, 0.29) is 23.7 Å². The molecule has 18 heavy (non-hydrogen) atoms. The number of halogens is 1. The molecule has 0 spiro atoms.